The zero-order valence-corrected chi connectivity index (χ0v) is 17.1. The van der Waals surface area contributed by atoms with Crippen molar-refractivity contribution in [1.29, 1.82) is 0 Å². The van der Waals surface area contributed by atoms with Crippen LogP contribution >= 0.6 is 0 Å². The monoisotopic (exact) mass is 387 g/mol. The number of likely N-dealkylation sites (tertiary alicyclic amines) is 1. The van der Waals surface area contributed by atoms with Gasteiger partial charge in [0.05, 0.1) is 6.42 Å². The molecule has 2 saturated heterocycles. The lowest BCUT2D eigenvalue weighted by Crippen LogP contribution is -2.57. The van der Waals surface area contributed by atoms with Crippen molar-refractivity contribution in [1.82, 2.24) is 14.7 Å². The molecule has 28 heavy (non-hydrogen) atoms. The molecule has 0 saturated carbocycles. The third-order valence-electron chi connectivity index (χ3n) is 6.26. The van der Waals surface area contributed by atoms with Crippen LogP contribution < -0.4 is 0 Å². The van der Waals surface area contributed by atoms with Gasteiger partial charge in [-0.05, 0) is 38.3 Å². The summed E-state index contributed by atoms with van der Waals surface area (Å²) in [5, 5.41) is 9.17. The van der Waals surface area contributed by atoms with Crippen LogP contribution in [-0.2, 0) is 16.0 Å². The Morgan fingerprint density at radius 1 is 1.07 bits per heavy atom. The van der Waals surface area contributed by atoms with Crippen LogP contribution in [0.25, 0.3) is 0 Å². The molecule has 2 aliphatic heterocycles. The zero-order valence-electron chi connectivity index (χ0n) is 17.1. The van der Waals surface area contributed by atoms with Gasteiger partial charge >= 0.3 is 5.97 Å². The molecule has 2 aliphatic rings. The molecule has 0 radical (unpaired) electrons. The molecular weight excluding hydrogens is 354 g/mol. The van der Waals surface area contributed by atoms with Gasteiger partial charge in [0.1, 0.15) is 0 Å². The van der Waals surface area contributed by atoms with Crippen LogP contribution in [0.1, 0.15) is 30.4 Å². The number of carbonyl (C=O) groups is 2. The van der Waals surface area contributed by atoms with Crippen molar-refractivity contribution in [2.75, 3.05) is 46.3 Å². The molecule has 1 aromatic carbocycles. The first kappa shape index (κ1) is 20.8. The summed E-state index contributed by atoms with van der Waals surface area (Å²) >= 11 is 0. The Morgan fingerprint density at radius 2 is 1.75 bits per heavy atom. The number of piperazine rings is 1. The highest BCUT2D eigenvalue weighted by atomic mass is 16.4. The molecule has 1 aromatic rings. The van der Waals surface area contributed by atoms with Crippen LogP contribution in [0.5, 0.6) is 0 Å². The summed E-state index contributed by atoms with van der Waals surface area (Å²) in [5.74, 6) is -0.364. The smallest absolute Gasteiger partial charge is 0.303 e. The Kier molecular flexibility index (Phi) is 7.08. The van der Waals surface area contributed by atoms with E-state index in [1.807, 2.05) is 36.1 Å². The van der Waals surface area contributed by atoms with E-state index in [0.717, 1.165) is 44.7 Å². The van der Waals surface area contributed by atoms with Crippen molar-refractivity contribution in [3.05, 3.63) is 35.4 Å². The topological polar surface area (TPSA) is 64.1 Å². The third-order valence-corrected chi connectivity index (χ3v) is 6.26. The van der Waals surface area contributed by atoms with Crippen molar-refractivity contribution in [3.63, 3.8) is 0 Å². The Hall–Kier alpha value is -1.92. The fourth-order valence-electron chi connectivity index (χ4n) is 4.47. The molecular formula is C22H33N3O3. The number of benzene rings is 1. The van der Waals surface area contributed by atoms with Gasteiger partial charge in [0.25, 0.3) is 0 Å². The number of carboxylic acid groups (broad SMARTS) is 1. The van der Waals surface area contributed by atoms with Crippen LogP contribution in [0.4, 0.5) is 0 Å². The Labute approximate surface area is 168 Å². The lowest BCUT2D eigenvalue weighted by Gasteiger charge is -2.46. The summed E-state index contributed by atoms with van der Waals surface area (Å²) in [5.41, 5.74) is 2.23. The predicted octanol–water partition coefficient (Wildman–Crippen LogP) is 1.87. The molecule has 154 valence electrons. The molecule has 1 N–H and O–H groups in total. The number of hydrogen-bond donors (Lipinski definition) is 1. The standard InChI is InChI=1S/C22H33N3O3/c1-17-3-5-18(6-4-17)15-21(26)25-10-9-20(19(16-25)7-8-22(27)28)24-13-11-23(2)12-14-24/h3-6,19-20H,7-16H2,1-2H3,(H,27,28)/t19-,20+/m1/s1. The largest absolute Gasteiger partial charge is 0.481 e. The number of nitrogens with zero attached hydrogens (tertiary/aromatic N) is 3. The molecule has 0 unspecified atom stereocenters. The SMILES string of the molecule is Cc1ccc(CC(=O)N2CC[C@H](N3CCN(C)CC3)[C@H](CCC(=O)O)C2)cc1. The van der Waals surface area contributed by atoms with E-state index in [0.29, 0.717) is 25.4 Å². The van der Waals surface area contributed by atoms with Gasteiger partial charge in [0.2, 0.25) is 5.91 Å². The second-order valence-corrected chi connectivity index (χ2v) is 8.39. The maximum atomic E-state index is 12.9. The van der Waals surface area contributed by atoms with Gasteiger partial charge in [-0.25, -0.2) is 0 Å². The molecule has 1 amide bonds. The van der Waals surface area contributed by atoms with Crippen molar-refractivity contribution < 1.29 is 14.7 Å². The minimum atomic E-state index is -0.750. The van der Waals surface area contributed by atoms with Gasteiger partial charge in [0, 0.05) is 51.7 Å². The quantitative estimate of drug-likeness (QED) is 0.807. The van der Waals surface area contributed by atoms with E-state index in [9.17, 15) is 9.59 Å². The fraction of sp³-hybridized carbons (Fsp3) is 0.636. The number of aryl methyl sites for hydroxylation is 1. The first-order valence-corrected chi connectivity index (χ1v) is 10.4. The molecule has 2 heterocycles. The van der Waals surface area contributed by atoms with Crippen molar-refractivity contribution in [2.45, 2.75) is 38.6 Å². The Bertz CT molecular complexity index is 668. The number of hydrogen-bond acceptors (Lipinski definition) is 4. The fourth-order valence-corrected chi connectivity index (χ4v) is 4.47. The summed E-state index contributed by atoms with van der Waals surface area (Å²) in [6.07, 6.45) is 2.17. The molecule has 0 bridgehead atoms. The van der Waals surface area contributed by atoms with Gasteiger partial charge in [-0.2, -0.15) is 0 Å². The molecule has 6 heteroatoms. The number of amides is 1. The number of piperidine rings is 1. The lowest BCUT2D eigenvalue weighted by atomic mass is 9.86. The average molecular weight is 388 g/mol. The highest BCUT2D eigenvalue weighted by molar-refractivity contribution is 5.79. The summed E-state index contributed by atoms with van der Waals surface area (Å²) in [7, 11) is 2.14. The van der Waals surface area contributed by atoms with Crippen molar-refractivity contribution >= 4 is 11.9 Å². The summed E-state index contributed by atoms with van der Waals surface area (Å²) < 4.78 is 0. The molecule has 0 aliphatic carbocycles. The average Bonchev–Trinajstić information content (AvgIpc) is 2.68. The first-order valence-electron chi connectivity index (χ1n) is 10.4. The normalized spacial score (nSPS) is 24.3. The number of rotatable bonds is 6. The molecule has 2 fully saturated rings. The highest BCUT2D eigenvalue weighted by Gasteiger charge is 2.35. The second-order valence-electron chi connectivity index (χ2n) is 8.39. The van der Waals surface area contributed by atoms with E-state index in [1.54, 1.807) is 0 Å². The van der Waals surface area contributed by atoms with Gasteiger partial charge in [-0.1, -0.05) is 29.8 Å². The van der Waals surface area contributed by atoms with E-state index in [2.05, 4.69) is 16.8 Å². The maximum Gasteiger partial charge on any atom is 0.303 e. The molecule has 0 aromatic heterocycles. The molecule has 0 spiro atoms. The maximum absolute atomic E-state index is 12.9. The van der Waals surface area contributed by atoms with Gasteiger partial charge < -0.3 is 14.9 Å². The summed E-state index contributed by atoms with van der Waals surface area (Å²) in [6, 6.07) is 8.50. The number of likely N-dealkylation sites (N-methyl/N-ethyl adjacent to an activating group) is 1. The third kappa shape index (κ3) is 5.55. The highest BCUT2D eigenvalue weighted by Crippen LogP contribution is 2.27. The number of carboxylic acids is 1. The summed E-state index contributed by atoms with van der Waals surface area (Å²) in [4.78, 5) is 30.8. The number of aliphatic carboxylic acids is 1. The van der Waals surface area contributed by atoms with E-state index >= 15 is 0 Å². The van der Waals surface area contributed by atoms with E-state index in [4.69, 9.17) is 5.11 Å². The van der Waals surface area contributed by atoms with Crippen LogP contribution in [0.3, 0.4) is 0 Å². The van der Waals surface area contributed by atoms with Crippen molar-refractivity contribution in [2.24, 2.45) is 5.92 Å². The van der Waals surface area contributed by atoms with Crippen LogP contribution in [0.15, 0.2) is 24.3 Å². The molecule has 6 nitrogen and oxygen atoms in total. The number of carbonyl (C=O) groups excluding carboxylic acids is 1. The van der Waals surface area contributed by atoms with Crippen LogP contribution in [-0.4, -0.2) is 84.0 Å². The van der Waals surface area contributed by atoms with E-state index in [-0.39, 0.29) is 18.2 Å². The zero-order chi connectivity index (χ0) is 20.1. The van der Waals surface area contributed by atoms with Gasteiger partial charge in [-0.15, -0.1) is 0 Å². The summed E-state index contributed by atoms with van der Waals surface area (Å²) in [6.45, 7) is 7.66. The van der Waals surface area contributed by atoms with Gasteiger partial charge in [0.15, 0.2) is 0 Å². The second kappa shape index (κ2) is 9.52. The first-order chi connectivity index (χ1) is 13.4. The van der Waals surface area contributed by atoms with E-state index < -0.39 is 5.97 Å². The molecule has 2 atom stereocenters. The van der Waals surface area contributed by atoms with Crippen LogP contribution in [0, 0.1) is 12.8 Å². The van der Waals surface area contributed by atoms with Crippen molar-refractivity contribution in [3.8, 4) is 0 Å². The Morgan fingerprint density at radius 3 is 2.39 bits per heavy atom. The van der Waals surface area contributed by atoms with Gasteiger partial charge in [-0.3, -0.25) is 14.5 Å². The predicted molar refractivity (Wildman–Crippen MR) is 109 cm³/mol. The Balaban J connectivity index is 1.63. The van der Waals surface area contributed by atoms with E-state index in [1.165, 1.54) is 5.56 Å². The minimum Gasteiger partial charge on any atom is -0.481 e. The minimum absolute atomic E-state index is 0.154. The lowest BCUT2D eigenvalue weighted by molar-refractivity contribution is -0.137. The van der Waals surface area contributed by atoms with Crippen LogP contribution in [0.2, 0.25) is 0 Å². The molecule has 3 rings (SSSR count).